The Labute approximate surface area is 113 Å². The van der Waals surface area contributed by atoms with E-state index in [-0.39, 0.29) is 6.29 Å². The molecule has 4 heteroatoms. The molecule has 1 aliphatic rings. The van der Waals surface area contributed by atoms with E-state index in [9.17, 15) is 0 Å². The first-order valence-electron chi connectivity index (χ1n) is 6.80. The molecule has 0 bridgehead atoms. The summed E-state index contributed by atoms with van der Waals surface area (Å²) in [5.41, 5.74) is 0. The summed E-state index contributed by atoms with van der Waals surface area (Å²) in [6.45, 7) is 3.30. The summed E-state index contributed by atoms with van der Waals surface area (Å²) in [6, 6.07) is 0. The van der Waals surface area contributed by atoms with Crippen molar-refractivity contribution in [3.8, 4) is 0 Å². The molecule has 0 spiro atoms. The fourth-order valence-corrected chi connectivity index (χ4v) is 2.19. The fourth-order valence-electron chi connectivity index (χ4n) is 1.80. The van der Waals surface area contributed by atoms with E-state index in [1.165, 1.54) is 25.7 Å². The lowest BCUT2D eigenvalue weighted by molar-refractivity contribution is -0.164. The van der Waals surface area contributed by atoms with E-state index in [0.29, 0.717) is 0 Å². The van der Waals surface area contributed by atoms with Gasteiger partial charge in [0.2, 0.25) is 0 Å². The molecule has 3 nitrogen and oxygen atoms in total. The van der Waals surface area contributed by atoms with E-state index in [2.05, 4.69) is 15.9 Å². The van der Waals surface area contributed by atoms with Gasteiger partial charge in [0, 0.05) is 25.2 Å². The predicted octanol–water partition coefficient (Wildman–Crippen LogP) is 3.50. The van der Waals surface area contributed by atoms with Crippen LogP contribution >= 0.6 is 15.9 Å². The minimum absolute atomic E-state index is 0.0441. The SMILES string of the molecule is BrCCCCCOCCCOC1CCCCO1. The van der Waals surface area contributed by atoms with Gasteiger partial charge in [0.15, 0.2) is 6.29 Å². The van der Waals surface area contributed by atoms with Gasteiger partial charge >= 0.3 is 0 Å². The monoisotopic (exact) mass is 308 g/mol. The molecule has 0 aromatic heterocycles. The normalized spacial score (nSPS) is 20.6. The summed E-state index contributed by atoms with van der Waals surface area (Å²) in [5.74, 6) is 0. The highest BCUT2D eigenvalue weighted by molar-refractivity contribution is 9.09. The van der Waals surface area contributed by atoms with Gasteiger partial charge in [-0.2, -0.15) is 0 Å². The molecule has 0 aromatic rings. The van der Waals surface area contributed by atoms with E-state index in [4.69, 9.17) is 14.2 Å². The van der Waals surface area contributed by atoms with Crippen LogP contribution in [0.25, 0.3) is 0 Å². The van der Waals surface area contributed by atoms with Crippen LogP contribution in [-0.2, 0) is 14.2 Å². The Morgan fingerprint density at radius 2 is 1.88 bits per heavy atom. The molecule has 0 aromatic carbocycles. The minimum Gasteiger partial charge on any atom is -0.381 e. The van der Waals surface area contributed by atoms with E-state index >= 15 is 0 Å². The lowest BCUT2D eigenvalue weighted by Crippen LogP contribution is -2.23. The van der Waals surface area contributed by atoms with E-state index in [1.807, 2.05) is 0 Å². The molecule has 0 saturated carbocycles. The van der Waals surface area contributed by atoms with Crippen LogP contribution in [-0.4, -0.2) is 38.0 Å². The van der Waals surface area contributed by atoms with Crippen molar-refractivity contribution in [1.29, 1.82) is 0 Å². The van der Waals surface area contributed by atoms with Crippen LogP contribution in [0, 0.1) is 0 Å². The van der Waals surface area contributed by atoms with Crippen LogP contribution in [0.2, 0.25) is 0 Å². The van der Waals surface area contributed by atoms with Crippen LogP contribution in [0.1, 0.15) is 44.9 Å². The van der Waals surface area contributed by atoms with Crippen LogP contribution < -0.4 is 0 Å². The third-order valence-electron chi connectivity index (χ3n) is 2.80. The van der Waals surface area contributed by atoms with Crippen molar-refractivity contribution in [3.05, 3.63) is 0 Å². The van der Waals surface area contributed by atoms with Crippen LogP contribution in [0.3, 0.4) is 0 Å². The number of alkyl halides is 1. The third kappa shape index (κ3) is 9.00. The fraction of sp³-hybridized carbons (Fsp3) is 1.00. The Hall–Kier alpha value is 0.360. The first kappa shape index (κ1) is 15.4. The maximum Gasteiger partial charge on any atom is 0.157 e. The van der Waals surface area contributed by atoms with Crippen LogP contribution in [0.5, 0.6) is 0 Å². The molecule has 0 amide bonds. The number of rotatable bonds is 10. The summed E-state index contributed by atoms with van der Waals surface area (Å²) < 4.78 is 16.6. The van der Waals surface area contributed by atoms with Gasteiger partial charge in [-0.25, -0.2) is 0 Å². The Bertz CT molecular complexity index is 161. The molecular weight excluding hydrogens is 284 g/mol. The molecule has 1 rings (SSSR count). The van der Waals surface area contributed by atoms with Crippen LogP contribution in [0.15, 0.2) is 0 Å². The second-order valence-corrected chi connectivity index (χ2v) is 5.18. The quantitative estimate of drug-likeness (QED) is 0.456. The lowest BCUT2D eigenvalue weighted by Gasteiger charge is -2.22. The molecular formula is C13H25BrO3. The molecule has 0 N–H and O–H groups in total. The predicted molar refractivity (Wildman–Crippen MR) is 72.6 cm³/mol. The Kier molecular flexibility index (Phi) is 10.4. The van der Waals surface area contributed by atoms with Crippen molar-refractivity contribution in [2.75, 3.05) is 31.8 Å². The Morgan fingerprint density at radius 3 is 2.65 bits per heavy atom. The minimum atomic E-state index is 0.0441. The van der Waals surface area contributed by atoms with Gasteiger partial charge in [0.25, 0.3) is 0 Å². The summed E-state index contributed by atoms with van der Waals surface area (Å²) in [6.07, 6.45) is 8.13. The summed E-state index contributed by atoms with van der Waals surface area (Å²) >= 11 is 3.42. The van der Waals surface area contributed by atoms with Crippen molar-refractivity contribution in [3.63, 3.8) is 0 Å². The average Bonchev–Trinajstić information content (AvgIpc) is 2.38. The van der Waals surface area contributed by atoms with Gasteiger partial charge < -0.3 is 14.2 Å². The number of hydrogen-bond donors (Lipinski definition) is 0. The lowest BCUT2D eigenvalue weighted by atomic mass is 10.2. The van der Waals surface area contributed by atoms with Gasteiger partial charge in [-0.3, -0.25) is 0 Å². The zero-order valence-corrected chi connectivity index (χ0v) is 12.3. The number of hydrogen-bond acceptors (Lipinski definition) is 3. The first-order chi connectivity index (χ1) is 8.43. The molecule has 0 radical (unpaired) electrons. The second-order valence-electron chi connectivity index (χ2n) is 4.38. The molecule has 1 saturated heterocycles. The summed E-state index contributed by atoms with van der Waals surface area (Å²) in [7, 11) is 0. The largest absolute Gasteiger partial charge is 0.381 e. The summed E-state index contributed by atoms with van der Waals surface area (Å²) in [5, 5.41) is 1.10. The molecule has 1 heterocycles. The standard InChI is InChI=1S/C13H25BrO3/c14-8-3-1-4-9-15-10-6-12-17-13-7-2-5-11-16-13/h13H,1-12H2. The van der Waals surface area contributed by atoms with E-state index in [1.54, 1.807) is 0 Å². The van der Waals surface area contributed by atoms with Crippen molar-refractivity contribution >= 4 is 15.9 Å². The zero-order chi connectivity index (χ0) is 12.2. The van der Waals surface area contributed by atoms with Crippen LogP contribution in [0.4, 0.5) is 0 Å². The third-order valence-corrected chi connectivity index (χ3v) is 3.36. The Morgan fingerprint density at radius 1 is 1.00 bits per heavy atom. The molecule has 1 aliphatic heterocycles. The average molecular weight is 309 g/mol. The summed E-state index contributed by atoms with van der Waals surface area (Å²) in [4.78, 5) is 0. The van der Waals surface area contributed by atoms with Crippen molar-refractivity contribution in [2.24, 2.45) is 0 Å². The zero-order valence-electron chi connectivity index (χ0n) is 10.7. The number of ether oxygens (including phenoxy) is 3. The van der Waals surface area contributed by atoms with E-state index in [0.717, 1.165) is 51.0 Å². The van der Waals surface area contributed by atoms with Crippen molar-refractivity contribution < 1.29 is 14.2 Å². The van der Waals surface area contributed by atoms with Gasteiger partial charge in [-0.1, -0.05) is 22.4 Å². The smallest absolute Gasteiger partial charge is 0.157 e. The molecule has 1 unspecified atom stereocenters. The highest BCUT2D eigenvalue weighted by atomic mass is 79.9. The van der Waals surface area contributed by atoms with Gasteiger partial charge in [0.1, 0.15) is 0 Å². The second kappa shape index (κ2) is 11.5. The number of unbranched alkanes of at least 4 members (excludes halogenated alkanes) is 2. The van der Waals surface area contributed by atoms with Gasteiger partial charge in [-0.15, -0.1) is 0 Å². The van der Waals surface area contributed by atoms with E-state index < -0.39 is 0 Å². The topological polar surface area (TPSA) is 27.7 Å². The first-order valence-corrected chi connectivity index (χ1v) is 7.92. The maximum absolute atomic E-state index is 5.62. The van der Waals surface area contributed by atoms with Crippen molar-refractivity contribution in [1.82, 2.24) is 0 Å². The molecule has 0 aliphatic carbocycles. The number of halogens is 1. The molecule has 102 valence electrons. The Balaban J connectivity index is 1.75. The molecule has 17 heavy (non-hydrogen) atoms. The van der Waals surface area contributed by atoms with Crippen molar-refractivity contribution in [2.45, 2.75) is 51.2 Å². The highest BCUT2D eigenvalue weighted by Crippen LogP contribution is 2.13. The highest BCUT2D eigenvalue weighted by Gasteiger charge is 2.13. The molecule has 1 fully saturated rings. The van der Waals surface area contributed by atoms with Gasteiger partial charge in [0.05, 0.1) is 6.61 Å². The molecule has 1 atom stereocenters. The maximum atomic E-state index is 5.62. The van der Waals surface area contributed by atoms with Gasteiger partial charge in [-0.05, 0) is 38.5 Å².